The number of nitrogens with zero attached hydrogens (tertiary/aromatic N) is 1. The highest BCUT2D eigenvalue weighted by Gasteiger charge is 2.59. The van der Waals surface area contributed by atoms with E-state index >= 15 is 0 Å². The number of imide groups is 2. The lowest BCUT2D eigenvalue weighted by Crippen LogP contribution is -2.51. The third-order valence-corrected chi connectivity index (χ3v) is 4.68. The van der Waals surface area contributed by atoms with Crippen molar-refractivity contribution < 1.29 is 28.6 Å². The molecule has 8 nitrogen and oxygen atoms in total. The molecule has 1 aliphatic rings. The van der Waals surface area contributed by atoms with Crippen molar-refractivity contribution in [3.63, 3.8) is 0 Å². The molecule has 1 N–H and O–H groups in total. The zero-order valence-electron chi connectivity index (χ0n) is 16.7. The average molecular weight is 412 g/mol. The molecule has 0 unspecified atom stereocenters. The summed E-state index contributed by atoms with van der Waals surface area (Å²) >= 11 is 0. The normalized spacial score (nSPS) is 15.2. The van der Waals surface area contributed by atoms with Crippen LogP contribution in [0.5, 0.6) is 0 Å². The molecule has 1 aliphatic heterocycles. The third-order valence-electron chi connectivity index (χ3n) is 4.68. The Morgan fingerprint density at radius 1 is 0.867 bits per heavy atom. The Hall–Kier alpha value is -3.23. The molecule has 1 saturated heterocycles. The molecule has 0 saturated carbocycles. The van der Waals surface area contributed by atoms with Gasteiger partial charge in [-0.2, -0.15) is 0 Å². The van der Waals surface area contributed by atoms with E-state index in [4.69, 9.17) is 14.2 Å². The van der Waals surface area contributed by atoms with Gasteiger partial charge in [0.05, 0.1) is 19.8 Å². The van der Waals surface area contributed by atoms with Crippen LogP contribution in [-0.2, 0) is 24.5 Å². The Kier molecular flexibility index (Phi) is 7.16. The van der Waals surface area contributed by atoms with Gasteiger partial charge >= 0.3 is 12.1 Å². The van der Waals surface area contributed by atoms with Gasteiger partial charge in [0, 0.05) is 6.61 Å². The first-order chi connectivity index (χ1) is 14.6. The largest absolute Gasteiger partial charge is 0.447 e. The summed E-state index contributed by atoms with van der Waals surface area (Å²) in [6.45, 7) is 3.37. The first-order valence-corrected chi connectivity index (χ1v) is 9.71. The topological polar surface area (TPSA) is 94.2 Å². The van der Waals surface area contributed by atoms with Crippen molar-refractivity contribution in [1.29, 1.82) is 0 Å². The first-order valence-electron chi connectivity index (χ1n) is 9.71. The lowest BCUT2D eigenvalue weighted by molar-refractivity contribution is -0.124. The van der Waals surface area contributed by atoms with Crippen molar-refractivity contribution in [2.24, 2.45) is 0 Å². The molecule has 0 aromatic heterocycles. The minimum atomic E-state index is -1.66. The molecule has 2 aromatic carbocycles. The van der Waals surface area contributed by atoms with Gasteiger partial charge in [-0.15, -0.1) is 0 Å². The van der Waals surface area contributed by atoms with Gasteiger partial charge in [-0.3, -0.25) is 10.1 Å². The fraction of sp³-hybridized carbons (Fsp3) is 0.318. The van der Waals surface area contributed by atoms with E-state index in [1.165, 1.54) is 0 Å². The second-order valence-electron chi connectivity index (χ2n) is 6.46. The van der Waals surface area contributed by atoms with Crippen molar-refractivity contribution >= 4 is 18.0 Å². The summed E-state index contributed by atoms with van der Waals surface area (Å²) in [5.41, 5.74) is -0.707. The number of amides is 4. The SMILES string of the molecule is CCOCCOCCOC(=O)N1C(=O)NC(=O)C1(c1ccccc1)c1ccccc1. The molecular formula is C22H24N2O6. The van der Waals surface area contributed by atoms with Crippen LogP contribution in [0.4, 0.5) is 9.59 Å². The molecule has 0 radical (unpaired) electrons. The smallest absolute Gasteiger partial charge is 0.419 e. The zero-order valence-corrected chi connectivity index (χ0v) is 16.7. The molecule has 4 amide bonds. The van der Waals surface area contributed by atoms with Crippen molar-refractivity contribution in [2.45, 2.75) is 12.5 Å². The molecule has 1 heterocycles. The number of carbonyl (C=O) groups excluding carboxylic acids is 3. The van der Waals surface area contributed by atoms with Gasteiger partial charge < -0.3 is 14.2 Å². The highest BCUT2D eigenvalue weighted by Crippen LogP contribution is 2.40. The van der Waals surface area contributed by atoms with Gasteiger partial charge in [0.15, 0.2) is 5.54 Å². The fourth-order valence-electron chi connectivity index (χ4n) is 3.38. The first kappa shape index (κ1) is 21.5. The van der Waals surface area contributed by atoms with Gasteiger partial charge in [0.2, 0.25) is 0 Å². The summed E-state index contributed by atoms with van der Waals surface area (Å²) in [5.74, 6) is -0.616. The number of hydrogen-bond acceptors (Lipinski definition) is 6. The van der Waals surface area contributed by atoms with Crippen LogP contribution < -0.4 is 5.32 Å². The van der Waals surface area contributed by atoms with E-state index < -0.39 is 23.6 Å². The Morgan fingerprint density at radius 2 is 1.40 bits per heavy atom. The highest BCUT2D eigenvalue weighted by molar-refractivity contribution is 6.15. The van der Waals surface area contributed by atoms with Crippen LogP contribution >= 0.6 is 0 Å². The molecule has 0 spiro atoms. The van der Waals surface area contributed by atoms with Crippen molar-refractivity contribution in [2.75, 3.05) is 33.0 Å². The van der Waals surface area contributed by atoms with Gasteiger partial charge in [-0.05, 0) is 18.1 Å². The lowest BCUT2D eigenvalue weighted by Gasteiger charge is -2.34. The summed E-state index contributed by atoms with van der Waals surface area (Å²) in [6, 6.07) is 16.5. The Morgan fingerprint density at radius 3 is 1.97 bits per heavy atom. The van der Waals surface area contributed by atoms with Crippen molar-refractivity contribution in [1.82, 2.24) is 10.2 Å². The van der Waals surface area contributed by atoms with E-state index in [1.54, 1.807) is 60.7 Å². The van der Waals surface area contributed by atoms with Crippen LogP contribution in [0.3, 0.4) is 0 Å². The Balaban J connectivity index is 1.85. The molecule has 2 aromatic rings. The summed E-state index contributed by atoms with van der Waals surface area (Å²) in [5, 5.41) is 2.26. The number of benzene rings is 2. The molecule has 158 valence electrons. The summed E-state index contributed by atoms with van der Waals surface area (Å²) in [4.78, 5) is 39.5. The fourth-order valence-corrected chi connectivity index (χ4v) is 3.38. The van der Waals surface area contributed by atoms with Crippen LogP contribution in [0.2, 0.25) is 0 Å². The number of carbonyl (C=O) groups is 3. The third kappa shape index (κ3) is 4.19. The number of nitrogens with one attached hydrogen (secondary N) is 1. The number of ether oxygens (including phenoxy) is 3. The lowest BCUT2D eigenvalue weighted by atomic mass is 9.81. The molecule has 8 heteroatoms. The van der Waals surface area contributed by atoms with Crippen LogP contribution in [0.1, 0.15) is 18.1 Å². The maximum atomic E-state index is 13.1. The Labute approximate surface area is 174 Å². The van der Waals surface area contributed by atoms with Crippen LogP contribution in [0, 0.1) is 0 Å². The van der Waals surface area contributed by atoms with Gasteiger partial charge in [0.25, 0.3) is 5.91 Å². The van der Waals surface area contributed by atoms with Gasteiger partial charge in [-0.1, -0.05) is 60.7 Å². The maximum Gasteiger partial charge on any atom is 0.419 e. The Bertz CT molecular complexity index is 832. The van der Waals surface area contributed by atoms with Crippen LogP contribution in [0.25, 0.3) is 0 Å². The van der Waals surface area contributed by atoms with Crippen molar-refractivity contribution in [3.8, 4) is 0 Å². The molecule has 0 bridgehead atoms. The molecule has 3 rings (SSSR count). The van der Waals surface area contributed by atoms with Crippen LogP contribution in [0.15, 0.2) is 60.7 Å². The van der Waals surface area contributed by atoms with E-state index in [-0.39, 0.29) is 13.2 Å². The van der Waals surface area contributed by atoms with Crippen molar-refractivity contribution in [3.05, 3.63) is 71.8 Å². The minimum absolute atomic E-state index is 0.0669. The summed E-state index contributed by atoms with van der Waals surface area (Å²) in [7, 11) is 0. The van der Waals surface area contributed by atoms with Gasteiger partial charge in [-0.25, -0.2) is 14.5 Å². The van der Waals surface area contributed by atoms with E-state index in [2.05, 4.69) is 5.32 Å². The molecule has 30 heavy (non-hydrogen) atoms. The molecule has 0 atom stereocenters. The minimum Gasteiger partial charge on any atom is -0.447 e. The van der Waals surface area contributed by atoms with E-state index in [0.29, 0.717) is 30.9 Å². The molecule has 1 fully saturated rings. The maximum absolute atomic E-state index is 13.1. The zero-order chi connectivity index (χ0) is 21.4. The summed E-state index contributed by atoms with van der Waals surface area (Å²) in [6.07, 6.45) is -0.931. The number of hydrogen-bond donors (Lipinski definition) is 1. The quantitative estimate of drug-likeness (QED) is 0.503. The molecular weight excluding hydrogens is 388 g/mol. The standard InChI is InChI=1S/C22H24N2O6/c1-2-28-13-14-29-15-16-30-21(27)24-20(26)23-19(25)22(24,17-9-5-3-6-10-17)18-11-7-4-8-12-18/h3-12H,2,13-16H2,1H3,(H,23,25,26). The summed E-state index contributed by atoms with van der Waals surface area (Å²) < 4.78 is 15.7. The highest BCUT2D eigenvalue weighted by atomic mass is 16.6. The van der Waals surface area contributed by atoms with Gasteiger partial charge in [0.1, 0.15) is 6.61 Å². The van der Waals surface area contributed by atoms with E-state index in [9.17, 15) is 14.4 Å². The monoisotopic (exact) mass is 412 g/mol. The second-order valence-corrected chi connectivity index (χ2v) is 6.46. The van der Waals surface area contributed by atoms with E-state index in [1.807, 2.05) is 6.92 Å². The number of urea groups is 1. The predicted octanol–water partition coefficient (Wildman–Crippen LogP) is 2.67. The average Bonchev–Trinajstić information content (AvgIpc) is 3.04. The van der Waals surface area contributed by atoms with Crippen LogP contribution in [-0.4, -0.2) is 56.0 Å². The molecule has 0 aliphatic carbocycles. The number of rotatable bonds is 9. The van der Waals surface area contributed by atoms with E-state index in [0.717, 1.165) is 4.90 Å². The predicted molar refractivity (Wildman–Crippen MR) is 108 cm³/mol. The second kappa shape index (κ2) is 10.00.